The van der Waals surface area contributed by atoms with Gasteiger partial charge in [0.1, 0.15) is 7.85 Å². The van der Waals surface area contributed by atoms with E-state index in [4.69, 9.17) is 4.74 Å². The largest absolute Gasteiger partial charge is 0.381 e. The van der Waals surface area contributed by atoms with E-state index in [1.807, 2.05) is 6.20 Å². The molecule has 0 radical (unpaired) electrons. The van der Waals surface area contributed by atoms with Crippen LogP contribution in [0.25, 0.3) is 0 Å². The van der Waals surface area contributed by atoms with E-state index in [0.29, 0.717) is 12.0 Å². The van der Waals surface area contributed by atoms with E-state index in [0.717, 1.165) is 26.1 Å². The Kier molecular flexibility index (Phi) is 3.69. The molecule has 19 heavy (non-hydrogen) atoms. The maximum atomic E-state index is 5.50. The zero-order chi connectivity index (χ0) is 13.1. The Labute approximate surface area is 115 Å². The minimum atomic E-state index is 0.332. The molecule has 3 rings (SSSR count). The van der Waals surface area contributed by atoms with Crippen molar-refractivity contribution in [2.45, 2.75) is 18.9 Å². The van der Waals surface area contributed by atoms with Gasteiger partial charge in [-0.3, -0.25) is 4.68 Å². The molecule has 1 saturated heterocycles. The van der Waals surface area contributed by atoms with Gasteiger partial charge in [0.05, 0.1) is 6.04 Å². The molecule has 1 aromatic carbocycles. The highest BCUT2D eigenvalue weighted by atomic mass is 16.5. The first-order valence-corrected chi connectivity index (χ1v) is 6.98. The van der Waals surface area contributed by atoms with Crippen molar-refractivity contribution in [3.8, 4) is 0 Å². The molecule has 98 valence electrons. The van der Waals surface area contributed by atoms with Gasteiger partial charge in [-0.25, -0.2) is 0 Å². The van der Waals surface area contributed by atoms with Crippen LogP contribution in [0.4, 0.5) is 0 Å². The molecule has 1 fully saturated rings. The number of hydrogen-bond donors (Lipinski definition) is 0. The van der Waals surface area contributed by atoms with Crippen molar-refractivity contribution in [3.05, 3.63) is 48.3 Å². The first-order chi connectivity index (χ1) is 9.34. The van der Waals surface area contributed by atoms with Crippen LogP contribution in [0, 0.1) is 5.92 Å². The summed E-state index contributed by atoms with van der Waals surface area (Å²) in [7, 11) is 2.09. The van der Waals surface area contributed by atoms with E-state index in [-0.39, 0.29) is 0 Å². The molecular weight excluding hydrogens is 235 g/mol. The Morgan fingerprint density at radius 1 is 1.21 bits per heavy atom. The van der Waals surface area contributed by atoms with E-state index in [2.05, 4.69) is 54.2 Å². The van der Waals surface area contributed by atoms with Crippen molar-refractivity contribution in [3.63, 3.8) is 0 Å². The van der Waals surface area contributed by atoms with Gasteiger partial charge in [0.25, 0.3) is 0 Å². The first kappa shape index (κ1) is 12.5. The van der Waals surface area contributed by atoms with E-state index in [1.165, 1.54) is 11.0 Å². The normalized spacial score (nSPS) is 18.3. The van der Waals surface area contributed by atoms with Gasteiger partial charge in [0.2, 0.25) is 0 Å². The fourth-order valence-corrected chi connectivity index (χ4v) is 2.91. The monoisotopic (exact) mass is 254 g/mol. The minimum Gasteiger partial charge on any atom is -0.381 e. The number of rotatable bonds is 3. The molecule has 3 nitrogen and oxygen atoms in total. The van der Waals surface area contributed by atoms with Crippen LogP contribution in [0.3, 0.4) is 0 Å². The van der Waals surface area contributed by atoms with Gasteiger partial charge in [-0.1, -0.05) is 35.8 Å². The molecule has 4 heteroatoms. The molecular formula is C15H19BN2O. The lowest BCUT2D eigenvalue weighted by atomic mass is 9.87. The second-order valence-electron chi connectivity index (χ2n) is 5.30. The van der Waals surface area contributed by atoms with Crippen LogP contribution in [0.1, 0.15) is 24.4 Å². The van der Waals surface area contributed by atoms with Crippen LogP contribution in [-0.2, 0) is 4.74 Å². The lowest BCUT2D eigenvalue weighted by molar-refractivity contribution is 0.0527. The van der Waals surface area contributed by atoms with E-state index < -0.39 is 0 Å². The summed E-state index contributed by atoms with van der Waals surface area (Å²) in [4.78, 5) is 0. The smallest absolute Gasteiger partial charge is 0.143 e. The Bertz CT molecular complexity index is 520. The average molecular weight is 254 g/mol. The summed E-state index contributed by atoms with van der Waals surface area (Å²) >= 11 is 0. The first-order valence-electron chi connectivity index (χ1n) is 6.98. The summed E-state index contributed by atoms with van der Waals surface area (Å²) < 4.78 is 7.62. The van der Waals surface area contributed by atoms with Crippen molar-refractivity contribution in [2.24, 2.45) is 5.92 Å². The zero-order valence-corrected chi connectivity index (χ0v) is 11.3. The molecule has 2 aromatic rings. The number of aromatic nitrogens is 2. The van der Waals surface area contributed by atoms with E-state index in [9.17, 15) is 0 Å². The van der Waals surface area contributed by atoms with Crippen molar-refractivity contribution in [1.29, 1.82) is 0 Å². The molecule has 1 unspecified atom stereocenters. The van der Waals surface area contributed by atoms with Crippen molar-refractivity contribution >= 4 is 13.3 Å². The van der Waals surface area contributed by atoms with E-state index >= 15 is 0 Å². The van der Waals surface area contributed by atoms with Crippen LogP contribution in [0.15, 0.2) is 42.7 Å². The standard InChI is InChI=1S/C15H19BN2O/c16-14-10-17-18(11-14)15(12-4-2-1-3-5-12)13-6-8-19-9-7-13/h1-5,10-11,13,15H,6-9,16H2. The topological polar surface area (TPSA) is 27.1 Å². The van der Waals surface area contributed by atoms with Crippen LogP contribution in [-0.4, -0.2) is 30.8 Å². The van der Waals surface area contributed by atoms with Gasteiger partial charge in [-0.15, -0.1) is 0 Å². The van der Waals surface area contributed by atoms with Crippen molar-refractivity contribution in [1.82, 2.24) is 9.78 Å². The second-order valence-corrected chi connectivity index (χ2v) is 5.30. The highest BCUT2D eigenvalue weighted by Gasteiger charge is 2.27. The molecule has 0 saturated carbocycles. The number of ether oxygens (including phenoxy) is 1. The lowest BCUT2D eigenvalue weighted by Crippen LogP contribution is -2.27. The van der Waals surface area contributed by atoms with Crippen molar-refractivity contribution < 1.29 is 4.74 Å². The van der Waals surface area contributed by atoms with Gasteiger partial charge >= 0.3 is 0 Å². The van der Waals surface area contributed by atoms with Gasteiger partial charge in [0.15, 0.2) is 0 Å². The van der Waals surface area contributed by atoms with E-state index in [1.54, 1.807) is 0 Å². The Balaban J connectivity index is 1.95. The highest BCUT2D eigenvalue weighted by molar-refractivity contribution is 6.31. The van der Waals surface area contributed by atoms with Crippen LogP contribution in [0.2, 0.25) is 0 Å². The molecule has 0 aliphatic carbocycles. The van der Waals surface area contributed by atoms with Gasteiger partial charge < -0.3 is 4.74 Å². The fourth-order valence-electron chi connectivity index (χ4n) is 2.91. The Morgan fingerprint density at radius 3 is 2.58 bits per heavy atom. The third-order valence-corrected chi connectivity index (χ3v) is 3.87. The van der Waals surface area contributed by atoms with Crippen LogP contribution < -0.4 is 5.46 Å². The lowest BCUT2D eigenvalue weighted by Gasteiger charge is -2.31. The quantitative estimate of drug-likeness (QED) is 0.768. The van der Waals surface area contributed by atoms with Crippen molar-refractivity contribution in [2.75, 3.05) is 13.2 Å². The highest BCUT2D eigenvalue weighted by Crippen LogP contribution is 2.32. The summed E-state index contributed by atoms with van der Waals surface area (Å²) in [6.07, 6.45) is 6.30. The number of hydrogen-bond acceptors (Lipinski definition) is 2. The summed E-state index contributed by atoms with van der Waals surface area (Å²) in [6.45, 7) is 1.74. The molecule has 0 bridgehead atoms. The third-order valence-electron chi connectivity index (χ3n) is 3.87. The molecule has 0 amide bonds. The summed E-state index contributed by atoms with van der Waals surface area (Å²) in [5.41, 5.74) is 2.56. The molecule has 0 N–H and O–H groups in total. The zero-order valence-electron chi connectivity index (χ0n) is 11.3. The third kappa shape index (κ3) is 2.74. The SMILES string of the molecule is Bc1cnn(C(c2ccccc2)C2CCOCC2)c1. The van der Waals surface area contributed by atoms with Gasteiger partial charge in [-0.2, -0.15) is 5.10 Å². The number of nitrogens with zero attached hydrogens (tertiary/aromatic N) is 2. The predicted octanol–water partition coefficient (Wildman–Crippen LogP) is 1.16. The minimum absolute atomic E-state index is 0.332. The molecule has 0 spiro atoms. The summed E-state index contributed by atoms with van der Waals surface area (Å²) in [5.74, 6) is 0.607. The summed E-state index contributed by atoms with van der Waals surface area (Å²) in [5, 5.41) is 4.54. The second kappa shape index (κ2) is 5.62. The Morgan fingerprint density at radius 2 is 1.95 bits per heavy atom. The van der Waals surface area contributed by atoms with Crippen LogP contribution in [0.5, 0.6) is 0 Å². The fraction of sp³-hybridized carbons (Fsp3) is 0.400. The maximum Gasteiger partial charge on any atom is 0.143 e. The molecule has 1 atom stereocenters. The summed E-state index contributed by atoms with van der Waals surface area (Å²) in [6, 6.07) is 11.0. The predicted molar refractivity (Wildman–Crippen MR) is 78.5 cm³/mol. The van der Waals surface area contributed by atoms with Gasteiger partial charge in [0, 0.05) is 25.6 Å². The van der Waals surface area contributed by atoms with Crippen LogP contribution >= 0.6 is 0 Å². The maximum absolute atomic E-state index is 5.50. The molecule has 1 aliphatic heterocycles. The molecule has 2 heterocycles. The molecule has 1 aliphatic rings. The average Bonchev–Trinajstić information content (AvgIpc) is 2.88. The Hall–Kier alpha value is -1.55. The molecule has 1 aromatic heterocycles. The van der Waals surface area contributed by atoms with Gasteiger partial charge in [-0.05, 0) is 24.3 Å². The number of benzene rings is 1.